The minimum atomic E-state index is -1.54. The second-order valence-corrected chi connectivity index (χ2v) is 7.54. The van der Waals surface area contributed by atoms with Gasteiger partial charge in [-0.15, -0.1) is 0 Å². The number of amides is 1. The maximum absolute atomic E-state index is 10.9. The van der Waals surface area contributed by atoms with Gasteiger partial charge < -0.3 is 5.32 Å². The van der Waals surface area contributed by atoms with Crippen molar-refractivity contribution < 1.29 is 4.79 Å². The van der Waals surface area contributed by atoms with E-state index in [-0.39, 0.29) is 5.91 Å². The SMILES string of the molecule is CC(=O)N[C@H](SC1=NCCS1)C(Cl)(Cl)Cl. The van der Waals surface area contributed by atoms with E-state index in [0.717, 1.165) is 16.7 Å². The first kappa shape index (κ1) is 13.8. The van der Waals surface area contributed by atoms with E-state index in [1.54, 1.807) is 11.8 Å². The van der Waals surface area contributed by atoms with Crippen molar-refractivity contribution in [3.05, 3.63) is 0 Å². The molecule has 0 aromatic rings. The van der Waals surface area contributed by atoms with Crippen LogP contribution in [0.3, 0.4) is 0 Å². The number of alkyl halides is 3. The normalized spacial score (nSPS) is 18.5. The van der Waals surface area contributed by atoms with E-state index in [4.69, 9.17) is 34.8 Å². The Morgan fingerprint density at radius 3 is 2.73 bits per heavy atom. The minimum Gasteiger partial charge on any atom is -0.340 e. The average molecular weight is 308 g/mol. The number of carbonyl (C=O) groups is 1. The highest BCUT2D eigenvalue weighted by molar-refractivity contribution is 8.39. The lowest BCUT2D eigenvalue weighted by Gasteiger charge is -2.23. The Labute approximate surface area is 112 Å². The third-order valence-corrected chi connectivity index (χ3v) is 4.89. The number of hydrogen-bond donors (Lipinski definition) is 1. The quantitative estimate of drug-likeness (QED) is 0.630. The molecule has 1 heterocycles. The molecule has 1 atom stereocenters. The van der Waals surface area contributed by atoms with Crippen LogP contribution in [0.4, 0.5) is 0 Å². The van der Waals surface area contributed by atoms with Crippen molar-refractivity contribution in [3.8, 4) is 0 Å². The van der Waals surface area contributed by atoms with Gasteiger partial charge in [-0.3, -0.25) is 9.79 Å². The number of hydrogen-bond acceptors (Lipinski definition) is 4. The molecule has 1 rings (SSSR count). The van der Waals surface area contributed by atoms with Crippen molar-refractivity contribution in [2.24, 2.45) is 4.99 Å². The molecule has 86 valence electrons. The number of rotatable bonds is 2. The summed E-state index contributed by atoms with van der Waals surface area (Å²) in [7, 11) is 0. The first-order valence-corrected chi connectivity index (χ1v) is 7.07. The second-order valence-electron chi connectivity index (χ2n) is 2.74. The standard InChI is InChI=1S/C7H9Cl3N2OS2/c1-4(13)12-5(7(8,9)10)15-6-11-2-3-14-6/h5H,2-3H2,1H3,(H,12,13)/t5-/m1/s1. The molecule has 0 bridgehead atoms. The first-order chi connectivity index (χ1) is 6.89. The third-order valence-electron chi connectivity index (χ3n) is 1.41. The Kier molecular flexibility index (Phi) is 5.39. The smallest absolute Gasteiger partial charge is 0.220 e. The molecular formula is C7H9Cl3N2OS2. The van der Waals surface area contributed by atoms with Crippen molar-refractivity contribution in [1.82, 2.24) is 5.32 Å². The van der Waals surface area contributed by atoms with Crippen molar-refractivity contribution >= 4 is 68.6 Å². The van der Waals surface area contributed by atoms with E-state index < -0.39 is 9.17 Å². The third kappa shape index (κ3) is 5.04. The van der Waals surface area contributed by atoms with E-state index >= 15 is 0 Å². The first-order valence-electron chi connectivity index (χ1n) is 4.07. The highest BCUT2D eigenvalue weighted by Gasteiger charge is 2.35. The number of halogens is 3. The zero-order valence-corrected chi connectivity index (χ0v) is 11.7. The van der Waals surface area contributed by atoms with Gasteiger partial charge in [0.05, 0.1) is 6.54 Å². The van der Waals surface area contributed by atoms with Crippen LogP contribution >= 0.6 is 58.3 Å². The highest BCUT2D eigenvalue weighted by atomic mass is 35.6. The van der Waals surface area contributed by atoms with E-state index in [1.807, 2.05) is 0 Å². The van der Waals surface area contributed by atoms with Crippen LogP contribution in [0.25, 0.3) is 0 Å². The molecule has 0 spiro atoms. The lowest BCUT2D eigenvalue weighted by Crippen LogP contribution is -2.40. The molecule has 1 amide bonds. The van der Waals surface area contributed by atoms with E-state index in [9.17, 15) is 4.79 Å². The molecule has 1 aliphatic rings. The zero-order valence-electron chi connectivity index (χ0n) is 7.80. The van der Waals surface area contributed by atoms with Gasteiger partial charge in [0, 0.05) is 12.7 Å². The molecule has 0 unspecified atom stereocenters. The van der Waals surface area contributed by atoms with Gasteiger partial charge in [-0.2, -0.15) is 0 Å². The molecule has 15 heavy (non-hydrogen) atoms. The molecule has 0 aromatic heterocycles. The van der Waals surface area contributed by atoms with Gasteiger partial charge in [0.15, 0.2) is 0 Å². The lowest BCUT2D eigenvalue weighted by molar-refractivity contribution is -0.119. The Balaban J connectivity index is 2.60. The Morgan fingerprint density at radius 2 is 2.33 bits per heavy atom. The number of nitrogens with one attached hydrogen (secondary N) is 1. The van der Waals surface area contributed by atoms with E-state index in [1.165, 1.54) is 18.7 Å². The molecule has 1 aliphatic heterocycles. The maximum atomic E-state index is 10.9. The Bertz CT molecular complexity index is 280. The fraction of sp³-hybridized carbons (Fsp3) is 0.714. The monoisotopic (exact) mass is 306 g/mol. The van der Waals surface area contributed by atoms with Gasteiger partial charge in [0.1, 0.15) is 9.75 Å². The number of carbonyl (C=O) groups excluding carboxylic acids is 1. The molecule has 1 N–H and O–H groups in total. The topological polar surface area (TPSA) is 41.5 Å². The molecular weight excluding hydrogens is 299 g/mol. The van der Waals surface area contributed by atoms with E-state index in [2.05, 4.69) is 10.3 Å². The molecule has 0 saturated heterocycles. The number of nitrogens with zero attached hydrogens (tertiary/aromatic N) is 1. The molecule has 0 aromatic carbocycles. The fourth-order valence-corrected chi connectivity index (χ4v) is 3.49. The van der Waals surface area contributed by atoms with Gasteiger partial charge in [-0.25, -0.2) is 0 Å². The van der Waals surface area contributed by atoms with Crippen LogP contribution < -0.4 is 5.32 Å². The van der Waals surface area contributed by atoms with Crippen molar-refractivity contribution in [1.29, 1.82) is 0 Å². The summed E-state index contributed by atoms with van der Waals surface area (Å²) < 4.78 is -0.692. The summed E-state index contributed by atoms with van der Waals surface area (Å²) >= 11 is 20.1. The lowest BCUT2D eigenvalue weighted by atomic mass is 10.6. The summed E-state index contributed by atoms with van der Waals surface area (Å²) in [5, 5.41) is 1.97. The molecule has 3 nitrogen and oxygen atoms in total. The molecule has 0 aliphatic carbocycles. The van der Waals surface area contributed by atoms with Crippen LogP contribution in [-0.2, 0) is 4.79 Å². The molecule has 0 saturated carbocycles. The summed E-state index contributed by atoms with van der Waals surface area (Å²) in [4.78, 5) is 15.1. The summed E-state index contributed by atoms with van der Waals surface area (Å²) in [6, 6.07) is 0. The molecule has 8 heteroatoms. The van der Waals surface area contributed by atoms with Gasteiger partial charge in [0.2, 0.25) is 9.70 Å². The average Bonchev–Trinajstić information content (AvgIpc) is 2.53. The van der Waals surface area contributed by atoms with Gasteiger partial charge in [0.25, 0.3) is 0 Å². The second kappa shape index (κ2) is 5.87. The van der Waals surface area contributed by atoms with Gasteiger partial charge in [-0.05, 0) is 0 Å². The van der Waals surface area contributed by atoms with Crippen molar-refractivity contribution in [2.45, 2.75) is 16.1 Å². The largest absolute Gasteiger partial charge is 0.340 e. The highest BCUT2D eigenvalue weighted by Crippen LogP contribution is 2.39. The van der Waals surface area contributed by atoms with Crippen LogP contribution in [0.5, 0.6) is 0 Å². The maximum Gasteiger partial charge on any atom is 0.220 e. The Hall–Kier alpha value is 0.710. The molecule has 0 fully saturated rings. The fourth-order valence-electron chi connectivity index (χ4n) is 0.850. The zero-order chi connectivity index (χ0) is 11.5. The van der Waals surface area contributed by atoms with Crippen molar-refractivity contribution in [3.63, 3.8) is 0 Å². The van der Waals surface area contributed by atoms with Crippen molar-refractivity contribution in [2.75, 3.05) is 12.3 Å². The van der Waals surface area contributed by atoms with Gasteiger partial charge >= 0.3 is 0 Å². The van der Waals surface area contributed by atoms with Crippen LogP contribution in [0.1, 0.15) is 6.92 Å². The molecule has 0 radical (unpaired) electrons. The van der Waals surface area contributed by atoms with Crippen LogP contribution in [0.15, 0.2) is 4.99 Å². The predicted octanol–water partition coefficient (Wildman–Crippen LogP) is 2.65. The minimum absolute atomic E-state index is 0.234. The Morgan fingerprint density at radius 1 is 1.67 bits per heavy atom. The number of aliphatic imine (C=N–C) groups is 1. The summed E-state index contributed by atoms with van der Waals surface area (Å²) in [6.45, 7) is 2.16. The number of thioether (sulfide) groups is 2. The van der Waals surface area contributed by atoms with Crippen LogP contribution in [0.2, 0.25) is 0 Å². The van der Waals surface area contributed by atoms with Crippen LogP contribution in [-0.4, -0.2) is 31.7 Å². The summed E-state index contributed by atoms with van der Waals surface area (Å²) in [5.41, 5.74) is 0. The predicted molar refractivity (Wildman–Crippen MR) is 70.2 cm³/mol. The van der Waals surface area contributed by atoms with Gasteiger partial charge in [-0.1, -0.05) is 58.3 Å². The van der Waals surface area contributed by atoms with E-state index in [0.29, 0.717) is 0 Å². The summed E-state index contributed by atoms with van der Waals surface area (Å²) in [6.07, 6.45) is 0. The summed E-state index contributed by atoms with van der Waals surface area (Å²) in [5.74, 6) is 0.706. The van der Waals surface area contributed by atoms with Crippen LogP contribution in [0, 0.1) is 0 Å².